The molecule has 0 atom stereocenters. The number of thiol groups is 1. The molecule has 2 rings (SSSR count). The van der Waals surface area contributed by atoms with Crippen molar-refractivity contribution in [1.82, 2.24) is 0 Å². The molecule has 0 aliphatic carbocycles. The summed E-state index contributed by atoms with van der Waals surface area (Å²) < 4.78 is 6.30. The van der Waals surface area contributed by atoms with Crippen LogP contribution < -0.4 is 0 Å². The normalized spacial score (nSPS) is 10.3. The minimum Gasteiger partial charge on any atom is -0.457 e. The third-order valence-corrected chi connectivity index (χ3v) is 3.53. The number of halogens is 1. The molecule has 98 valence electrons. The van der Waals surface area contributed by atoms with Crippen LogP contribution in [0, 0.1) is 6.92 Å². The molecule has 0 unspecified atom stereocenters. The van der Waals surface area contributed by atoms with E-state index in [1.54, 1.807) is 6.07 Å². The van der Waals surface area contributed by atoms with Gasteiger partial charge in [0.25, 0.3) is 0 Å². The van der Waals surface area contributed by atoms with Crippen molar-refractivity contribution in [3.8, 4) is 0 Å². The number of hydrogen-bond donors (Lipinski definition) is 1. The fourth-order valence-corrected chi connectivity index (χ4v) is 2.11. The summed E-state index contributed by atoms with van der Waals surface area (Å²) >= 11 is 7.60. The molecule has 0 radical (unpaired) electrons. The molecule has 0 saturated carbocycles. The largest absolute Gasteiger partial charge is 0.457 e. The number of esters is 1. The molecule has 2 aromatic carbocycles. The van der Waals surface area contributed by atoms with Crippen LogP contribution in [-0.2, 0) is 11.3 Å². The maximum Gasteiger partial charge on any atom is 0.338 e. The van der Waals surface area contributed by atoms with Crippen molar-refractivity contribution in [3.05, 3.63) is 63.6 Å². The molecule has 0 N–H and O–H groups in total. The van der Waals surface area contributed by atoms with Gasteiger partial charge in [0.1, 0.15) is 6.61 Å². The van der Waals surface area contributed by atoms with Crippen molar-refractivity contribution < 1.29 is 9.53 Å². The molecule has 2 aromatic rings. The molecule has 19 heavy (non-hydrogen) atoms. The smallest absolute Gasteiger partial charge is 0.338 e. The summed E-state index contributed by atoms with van der Waals surface area (Å²) in [4.78, 5) is 12.7. The number of hydrogen-bond acceptors (Lipinski definition) is 3. The summed E-state index contributed by atoms with van der Waals surface area (Å²) in [7, 11) is 0. The Morgan fingerprint density at radius 2 is 1.89 bits per heavy atom. The van der Waals surface area contributed by atoms with E-state index in [-0.39, 0.29) is 12.6 Å². The van der Waals surface area contributed by atoms with Crippen LogP contribution in [0.15, 0.2) is 51.8 Å². The van der Waals surface area contributed by atoms with Crippen LogP contribution in [0.1, 0.15) is 21.5 Å². The maximum atomic E-state index is 12.0. The van der Waals surface area contributed by atoms with Crippen molar-refractivity contribution in [2.45, 2.75) is 18.4 Å². The van der Waals surface area contributed by atoms with E-state index in [1.807, 2.05) is 43.3 Å². The zero-order valence-corrected chi connectivity index (χ0v) is 12.9. The molecule has 2 nitrogen and oxygen atoms in total. The lowest BCUT2D eigenvalue weighted by Gasteiger charge is -2.08. The molecular formula is C15H13BrO2S. The van der Waals surface area contributed by atoms with E-state index < -0.39 is 0 Å². The molecular weight excluding hydrogens is 324 g/mol. The average molecular weight is 337 g/mol. The Hall–Kier alpha value is -1.26. The van der Waals surface area contributed by atoms with Crippen LogP contribution >= 0.6 is 28.6 Å². The highest BCUT2D eigenvalue weighted by Gasteiger charge is 2.10. The van der Waals surface area contributed by atoms with Crippen molar-refractivity contribution in [1.29, 1.82) is 0 Å². The van der Waals surface area contributed by atoms with Gasteiger partial charge in [0.2, 0.25) is 0 Å². The predicted octanol–water partition coefficient (Wildman–Crippen LogP) is 4.40. The zero-order valence-electron chi connectivity index (χ0n) is 10.4. The van der Waals surface area contributed by atoms with E-state index in [4.69, 9.17) is 4.74 Å². The van der Waals surface area contributed by atoms with Gasteiger partial charge in [-0.2, -0.15) is 0 Å². The van der Waals surface area contributed by atoms with Crippen molar-refractivity contribution >= 4 is 34.5 Å². The second-order valence-corrected chi connectivity index (χ2v) is 5.63. The third kappa shape index (κ3) is 3.85. The first-order valence-electron chi connectivity index (χ1n) is 5.77. The Labute approximate surface area is 126 Å². The molecule has 0 amide bonds. The van der Waals surface area contributed by atoms with Crippen LogP contribution in [-0.4, -0.2) is 5.97 Å². The van der Waals surface area contributed by atoms with E-state index in [0.717, 1.165) is 20.5 Å². The minimum atomic E-state index is -0.323. The Bertz CT molecular complexity index is 594. The number of aryl methyl sites for hydroxylation is 1. The molecule has 4 heteroatoms. The number of benzene rings is 2. The van der Waals surface area contributed by atoms with Gasteiger partial charge in [-0.3, -0.25) is 0 Å². The zero-order chi connectivity index (χ0) is 13.8. The highest BCUT2D eigenvalue weighted by atomic mass is 79.9. The van der Waals surface area contributed by atoms with E-state index in [9.17, 15) is 4.79 Å². The van der Waals surface area contributed by atoms with Gasteiger partial charge < -0.3 is 4.74 Å². The van der Waals surface area contributed by atoms with E-state index in [0.29, 0.717) is 5.56 Å². The second-order valence-electron chi connectivity index (χ2n) is 4.20. The number of carbonyl (C=O) groups excluding carboxylic acids is 1. The molecule has 0 aliphatic heterocycles. The summed E-state index contributed by atoms with van der Waals surface area (Å²) in [6.45, 7) is 2.14. The third-order valence-electron chi connectivity index (χ3n) is 2.72. The van der Waals surface area contributed by atoms with Crippen molar-refractivity contribution in [2.24, 2.45) is 0 Å². The first kappa shape index (κ1) is 14.2. The summed E-state index contributed by atoms with van der Waals surface area (Å²) in [5.41, 5.74) is 2.40. The molecule has 0 bridgehead atoms. The Balaban J connectivity index is 2.05. The van der Waals surface area contributed by atoms with Gasteiger partial charge in [-0.1, -0.05) is 34.1 Å². The summed E-state index contributed by atoms with van der Waals surface area (Å²) in [6, 6.07) is 13.1. The molecule has 0 fully saturated rings. The van der Waals surface area contributed by atoms with Gasteiger partial charge in [-0.25, -0.2) is 4.79 Å². The molecule has 0 spiro atoms. The van der Waals surface area contributed by atoms with Crippen molar-refractivity contribution in [3.63, 3.8) is 0 Å². The number of rotatable bonds is 3. The van der Waals surface area contributed by atoms with E-state index in [2.05, 4.69) is 28.6 Å². The SMILES string of the molecule is Cc1ccc(S)cc1C(=O)OCc1ccc(Br)cc1. The second kappa shape index (κ2) is 6.26. The summed E-state index contributed by atoms with van der Waals surface area (Å²) in [5, 5.41) is 0. The molecule has 0 aliphatic rings. The van der Waals surface area contributed by atoms with E-state index in [1.165, 1.54) is 0 Å². The van der Waals surface area contributed by atoms with Gasteiger partial charge in [0, 0.05) is 9.37 Å². The lowest BCUT2D eigenvalue weighted by molar-refractivity contribution is 0.0471. The number of carbonyl (C=O) groups is 1. The molecule has 0 aromatic heterocycles. The highest BCUT2D eigenvalue weighted by Crippen LogP contribution is 2.16. The minimum absolute atomic E-state index is 0.266. The van der Waals surface area contributed by atoms with Gasteiger partial charge in [0.05, 0.1) is 5.56 Å². The van der Waals surface area contributed by atoms with Gasteiger partial charge in [0.15, 0.2) is 0 Å². The Morgan fingerprint density at radius 3 is 2.58 bits per heavy atom. The standard InChI is InChI=1S/C15H13BrO2S/c1-10-2-7-13(19)8-14(10)15(17)18-9-11-3-5-12(16)6-4-11/h2-8,19H,9H2,1H3. The molecule has 0 heterocycles. The van der Waals surface area contributed by atoms with Gasteiger partial charge in [-0.15, -0.1) is 12.6 Å². The van der Waals surface area contributed by atoms with Crippen LogP contribution in [0.2, 0.25) is 0 Å². The van der Waals surface area contributed by atoms with Crippen LogP contribution in [0.4, 0.5) is 0 Å². The van der Waals surface area contributed by atoms with E-state index >= 15 is 0 Å². The fourth-order valence-electron chi connectivity index (χ4n) is 1.64. The molecule has 0 saturated heterocycles. The predicted molar refractivity (Wildman–Crippen MR) is 81.7 cm³/mol. The topological polar surface area (TPSA) is 26.3 Å². The summed E-state index contributed by atoms with van der Waals surface area (Å²) in [6.07, 6.45) is 0. The quantitative estimate of drug-likeness (QED) is 0.664. The van der Waals surface area contributed by atoms with Gasteiger partial charge >= 0.3 is 5.97 Å². The Kier molecular flexibility index (Phi) is 4.66. The monoisotopic (exact) mass is 336 g/mol. The first-order chi connectivity index (χ1) is 9.06. The van der Waals surface area contributed by atoms with Gasteiger partial charge in [-0.05, 0) is 42.3 Å². The van der Waals surface area contributed by atoms with Crippen LogP contribution in [0.25, 0.3) is 0 Å². The average Bonchev–Trinajstić information content (AvgIpc) is 2.40. The Morgan fingerprint density at radius 1 is 1.21 bits per heavy atom. The van der Waals surface area contributed by atoms with Crippen molar-refractivity contribution in [2.75, 3.05) is 0 Å². The lowest BCUT2D eigenvalue weighted by atomic mass is 10.1. The number of ether oxygens (including phenoxy) is 1. The first-order valence-corrected chi connectivity index (χ1v) is 7.01. The van der Waals surface area contributed by atoms with Crippen LogP contribution in [0.3, 0.4) is 0 Å². The highest BCUT2D eigenvalue weighted by molar-refractivity contribution is 9.10. The lowest BCUT2D eigenvalue weighted by Crippen LogP contribution is -2.07. The maximum absolute atomic E-state index is 12.0. The fraction of sp³-hybridized carbons (Fsp3) is 0.133. The summed E-state index contributed by atoms with van der Waals surface area (Å²) in [5.74, 6) is -0.323. The van der Waals surface area contributed by atoms with Crippen LogP contribution in [0.5, 0.6) is 0 Å².